The fraction of sp³-hybridized carbons (Fsp3) is 0.250. The van der Waals surface area contributed by atoms with Crippen LogP contribution in [0.1, 0.15) is 18.9 Å². The fourth-order valence-corrected chi connectivity index (χ4v) is 1.11. The summed E-state index contributed by atoms with van der Waals surface area (Å²) < 4.78 is 12.8. The molecule has 3 nitrogen and oxygen atoms in total. The molecular weight excluding hydrogens is 207 g/mol. The van der Waals surface area contributed by atoms with Crippen LogP contribution in [0, 0.1) is 5.82 Å². The molecule has 0 atom stereocenters. The molecule has 0 bridgehead atoms. The van der Waals surface area contributed by atoms with Crippen molar-refractivity contribution in [2.45, 2.75) is 13.3 Å². The van der Waals surface area contributed by atoms with Gasteiger partial charge in [0.15, 0.2) is 0 Å². The average molecular weight is 222 g/mol. The summed E-state index contributed by atoms with van der Waals surface area (Å²) in [5.74, 6) is -0.294. The van der Waals surface area contributed by atoms with Crippen molar-refractivity contribution in [3.05, 3.63) is 41.8 Å². The van der Waals surface area contributed by atoms with Gasteiger partial charge in [-0.1, -0.05) is 19.1 Å². The minimum atomic E-state index is -0.294. The number of hydrogen-bond acceptors (Lipinski definition) is 1. The smallest absolute Gasteiger partial charge is 0.318 e. The molecule has 1 aromatic carbocycles. The monoisotopic (exact) mass is 222 g/mol. The maximum absolute atomic E-state index is 12.8. The SMILES string of the molecule is CCCNC(=O)N/C=C/c1cccc(F)c1. The lowest BCUT2D eigenvalue weighted by molar-refractivity contribution is 0.244. The number of urea groups is 1. The van der Waals surface area contributed by atoms with Gasteiger partial charge in [0.1, 0.15) is 5.82 Å². The summed E-state index contributed by atoms with van der Waals surface area (Å²) in [5, 5.41) is 5.19. The van der Waals surface area contributed by atoms with Crippen LogP contribution in [-0.2, 0) is 0 Å². The van der Waals surface area contributed by atoms with Crippen LogP contribution in [0.4, 0.5) is 9.18 Å². The Bertz CT molecular complexity index is 377. The van der Waals surface area contributed by atoms with Gasteiger partial charge < -0.3 is 10.6 Å². The van der Waals surface area contributed by atoms with Crippen LogP contribution in [0.15, 0.2) is 30.5 Å². The quantitative estimate of drug-likeness (QED) is 0.807. The highest BCUT2D eigenvalue weighted by atomic mass is 19.1. The lowest BCUT2D eigenvalue weighted by Gasteiger charge is -2.01. The van der Waals surface area contributed by atoms with Crippen molar-refractivity contribution in [1.29, 1.82) is 0 Å². The number of amides is 2. The highest BCUT2D eigenvalue weighted by Crippen LogP contribution is 2.04. The molecule has 0 aliphatic heterocycles. The van der Waals surface area contributed by atoms with Crippen LogP contribution in [0.25, 0.3) is 6.08 Å². The summed E-state index contributed by atoms with van der Waals surface area (Å²) in [7, 11) is 0. The van der Waals surface area contributed by atoms with Crippen molar-refractivity contribution in [2.24, 2.45) is 0 Å². The van der Waals surface area contributed by atoms with Crippen LogP contribution < -0.4 is 10.6 Å². The van der Waals surface area contributed by atoms with Gasteiger partial charge in [-0.05, 0) is 30.2 Å². The molecule has 2 N–H and O–H groups in total. The molecule has 1 aromatic rings. The minimum Gasteiger partial charge on any atom is -0.338 e. The molecule has 0 aliphatic rings. The summed E-state index contributed by atoms with van der Waals surface area (Å²) in [5.41, 5.74) is 0.704. The summed E-state index contributed by atoms with van der Waals surface area (Å²) >= 11 is 0. The molecule has 0 saturated heterocycles. The molecule has 86 valence electrons. The van der Waals surface area contributed by atoms with Crippen molar-refractivity contribution in [2.75, 3.05) is 6.54 Å². The molecule has 0 aliphatic carbocycles. The highest BCUT2D eigenvalue weighted by Gasteiger charge is 1.94. The van der Waals surface area contributed by atoms with Gasteiger partial charge in [0.05, 0.1) is 0 Å². The topological polar surface area (TPSA) is 41.1 Å². The Morgan fingerprint density at radius 2 is 2.31 bits per heavy atom. The van der Waals surface area contributed by atoms with E-state index in [1.807, 2.05) is 6.92 Å². The first-order chi connectivity index (χ1) is 7.72. The van der Waals surface area contributed by atoms with Gasteiger partial charge in [0, 0.05) is 12.7 Å². The molecule has 2 amide bonds. The van der Waals surface area contributed by atoms with E-state index in [-0.39, 0.29) is 11.8 Å². The zero-order valence-corrected chi connectivity index (χ0v) is 9.16. The van der Waals surface area contributed by atoms with Crippen LogP contribution in [0.3, 0.4) is 0 Å². The van der Waals surface area contributed by atoms with E-state index in [0.29, 0.717) is 12.1 Å². The van der Waals surface area contributed by atoms with Crippen molar-refractivity contribution >= 4 is 12.1 Å². The number of carbonyl (C=O) groups excluding carboxylic acids is 1. The first-order valence-electron chi connectivity index (χ1n) is 5.19. The molecule has 0 radical (unpaired) electrons. The van der Waals surface area contributed by atoms with Gasteiger partial charge in [-0.25, -0.2) is 9.18 Å². The van der Waals surface area contributed by atoms with Crippen LogP contribution in [0.5, 0.6) is 0 Å². The van der Waals surface area contributed by atoms with Crippen molar-refractivity contribution in [3.8, 4) is 0 Å². The van der Waals surface area contributed by atoms with E-state index in [1.165, 1.54) is 18.3 Å². The molecule has 0 spiro atoms. The number of carbonyl (C=O) groups is 1. The van der Waals surface area contributed by atoms with E-state index in [0.717, 1.165) is 6.42 Å². The second-order valence-electron chi connectivity index (χ2n) is 3.29. The first kappa shape index (κ1) is 12.2. The second-order valence-corrected chi connectivity index (χ2v) is 3.29. The van der Waals surface area contributed by atoms with Gasteiger partial charge >= 0.3 is 6.03 Å². The van der Waals surface area contributed by atoms with Gasteiger partial charge in [0.25, 0.3) is 0 Å². The van der Waals surface area contributed by atoms with E-state index >= 15 is 0 Å². The predicted octanol–water partition coefficient (Wildman–Crippen LogP) is 2.51. The predicted molar refractivity (Wildman–Crippen MR) is 62.3 cm³/mol. The van der Waals surface area contributed by atoms with Crippen LogP contribution in [0.2, 0.25) is 0 Å². The Hall–Kier alpha value is -1.84. The second kappa shape index (κ2) is 6.61. The van der Waals surface area contributed by atoms with Gasteiger partial charge in [0.2, 0.25) is 0 Å². The Kier molecular flexibility index (Phi) is 5.05. The third kappa shape index (κ3) is 4.59. The van der Waals surface area contributed by atoms with E-state index < -0.39 is 0 Å². The minimum absolute atomic E-state index is 0.255. The van der Waals surface area contributed by atoms with E-state index in [4.69, 9.17) is 0 Å². The first-order valence-corrected chi connectivity index (χ1v) is 5.19. The largest absolute Gasteiger partial charge is 0.338 e. The molecule has 0 aromatic heterocycles. The maximum Gasteiger partial charge on any atom is 0.318 e. The number of benzene rings is 1. The lowest BCUT2D eigenvalue weighted by atomic mass is 10.2. The molecule has 4 heteroatoms. The standard InChI is InChI=1S/C12H15FN2O/c1-2-7-14-12(16)15-8-6-10-4-3-5-11(13)9-10/h3-6,8-9H,2,7H2,1H3,(H2,14,15,16)/b8-6+. The summed E-state index contributed by atoms with van der Waals surface area (Å²) in [6, 6.07) is 5.88. The van der Waals surface area contributed by atoms with E-state index in [1.54, 1.807) is 18.2 Å². The molecule has 0 saturated carbocycles. The number of rotatable bonds is 4. The highest BCUT2D eigenvalue weighted by molar-refractivity contribution is 5.75. The average Bonchev–Trinajstić information content (AvgIpc) is 2.26. The number of hydrogen-bond donors (Lipinski definition) is 2. The summed E-state index contributed by atoms with van der Waals surface area (Å²) in [6.07, 6.45) is 4.01. The number of halogens is 1. The molecule has 0 fully saturated rings. The third-order valence-corrected chi connectivity index (χ3v) is 1.87. The Labute approximate surface area is 94.4 Å². The maximum atomic E-state index is 12.8. The molecule has 0 unspecified atom stereocenters. The van der Waals surface area contributed by atoms with Gasteiger partial charge in [-0.2, -0.15) is 0 Å². The normalized spacial score (nSPS) is 10.4. The van der Waals surface area contributed by atoms with Crippen LogP contribution in [-0.4, -0.2) is 12.6 Å². The zero-order chi connectivity index (χ0) is 11.8. The van der Waals surface area contributed by atoms with Crippen molar-refractivity contribution in [1.82, 2.24) is 10.6 Å². The molecule has 0 heterocycles. The lowest BCUT2D eigenvalue weighted by Crippen LogP contribution is -2.32. The van der Waals surface area contributed by atoms with E-state index in [2.05, 4.69) is 10.6 Å². The fourth-order valence-electron chi connectivity index (χ4n) is 1.11. The molecule has 1 rings (SSSR count). The number of nitrogens with one attached hydrogen (secondary N) is 2. The van der Waals surface area contributed by atoms with Gasteiger partial charge in [-0.15, -0.1) is 0 Å². The Balaban J connectivity index is 2.40. The molecule has 16 heavy (non-hydrogen) atoms. The van der Waals surface area contributed by atoms with Gasteiger partial charge in [-0.3, -0.25) is 0 Å². The molecular formula is C12H15FN2O. The van der Waals surface area contributed by atoms with Crippen LogP contribution >= 0.6 is 0 Å². The summed E-state index contributed by atoms with van der Waals surface area (Å²) in [6.45, 7) is 2.61. The summed E-state index contributed by atoms with van der Waals surface area (Å²) in [4.78, 5) is 11.1. The van der Waals surface area contributed by atoms with Crippen molar-refractivity contribution < 1.29 is 9.18 Å². The van der Waals surface area contributed by atoms with Crippen molar-refractivity contribution in [3.63, 3.8) is 0 Å². The Morgan fingerprint density at radius 1 is 1.50 bits per heavy atom. The zero-order valence-electron chi connectivity index (χ0n) is 9.16. The third-order valence-electron chi connectivity index (χ3n) is 1.87. The Morgan fingerprint density at radius 3 is 3.00 bits per heavy atom. The van der Waals surface area contributed by atoms with E-state index in [9.17, 15) is 9.18 Å².